The molecular formula is C26H30N4O4S. The van der Waals surface area contributed by atoms with E-state index in [1.54, 1.807) is 25.4 Å². The molecule has 1 aliphatic rings. The van der Waals surface area contributed by atoms with E-state index in [1.165, 1.54) is 4.31 Å². The number of carbonyl (C=O) groups excluding carboxylic acids is 1. The maximum Gasteiger partial charge on any atom is 0.248 e. The Hall–Kier alpha value is -3.30. The Morgan fingerprint density at radius 3 is 2.83 bits per heavy atom. The van der Waals surface area contributed by atoms with Crippen LogP contribution in [0, 0.1) is 26.7 Å². The van der Waals surface area contributed by atoms with Gasteiger partial charge in [0.25, 0.3) is 0 Å². The molecule has 0 saturated carbocycles. The number of carbonyl (C=O) groups is 1. The average molecular weight is 495 g/mol. The van der Waals surface area contributed by atoms with Gasteiger partial charge >= 0.3 is 0 Å². The minimum absolute atomic E-state index is 0.0514. The Morgan fingerprint density at radius 2 is 2.06 bits per heavy atom. The molecule has 0 unspecified atom stereocenters. The van der Waals surface area contributed by atoms with E-state index in [9.17, 15) is 13.2 Å². The highest BCUT2D eigenvalue weighted by atomic mass is 32.2. The third-order valence-corrected chi connectivity index (χ3v) is 8.25. The van der Waals surface area contributed by atoms with E-state index in [0.717, 1.165) is 22.3 Å². The number of pyridine rings is 1. The summed E-state index contributed by atoms with van der Waals surface area (Å²) in [5.74, 6) is -0.401. The van der Waals surface area contributed by atoms with Crippen molar-refractivity contribution in [2.75, 3.05) is 13.1 Å². The molecule has 0 spiro atoms. The maximum atomic E-state index is 13.6. The van der Waals surface area contributed by atoms with Crippen LogP contribution in [0.4, 0.5) is 0 Å². The number of hydrogen-bond donors (Lipinski definition) is 1. The van der Waals surface area contributed by atoms with E-state index >= 15 is 0 Å². The highest BCUT2D eigenvalue weighted by molar-refractivity contribution is 7.89. The number of hydrogen-bond acceptors (Lipinski definition) is 6. The zero-order valence-corrected chi connectivity index (χ0v) is 21.0. The molecule has 1 amide bonds. The van der Waals surface area contributed by atoms with Crippen molar-refractivity contribution in [1.82, 2.24) is 19.8 Å². The quantitative estimate of drug-likeness (QED) is 0.534. The predicted octanol–water partition coefficient (Wildman–Crippen LogP) is 3.88. The summed E-state index contributed by atoms with van der Waals surface area (Å²) in [4.78, 5) is 16.9. The molecule has 0 radical (unpaired) electrons. The van der Waals surface area contributed by atoms with Gasteiger partial charge in [-0.1, -0.05) is 41.1 Å². The summed E-state index contributed by atoms with van der Waals surface area (Å²) in [5.41, 5.74) is 4.35. The molecule has 1 saturated heterocycles. The molecule has 1 atom stereocenters. The van der Waals surface area contributed by atoms with Crippen LogP contribution in [-0.4, -0.2) is 41.9 Å². The van der Waals surface area contributed by atoms with Crippen LogP contribution in [0.25, 0.3) is 12.2 Å². The second-order valence-corrected chi connectivity index (χ2v) is 10.8. The number of amides is 1. The van der Waals surface area contributed by atoms with Crippen molar-refractivity contribution in [3.05, 3.63) is 76.4 Å². The summed E-state index contributed by atoms with van der Waals surface area (Å²) in [6.45, 7) is 6.44. The van der Waals surface area contributed by atoms with Gasteiger partial charge in [-0.25, -0.2) is 8.42 Å². The van der Waals surface area contributed by atoms with E-state index in [1.807, 2.05) is 50.3 Å². The fourth-order valence-corrected chi connectivity index (χ4v) is 6.02. The van der Waals surface area contributed by atoms with Crippen molar-refractivity contribution in [3.63, 3.8) is 0 Å². The van der Waals surface area contributed by atoms with E-state index < -0.39 is 15.9 Å². The predicted molar refractivity (Wildman–Crippen MR) is 134 cm³/mol. The van der Waals surface area contributed by atoms with Gasteiger partial charge in [-0.05, 0) is 62.4 Å². The zero-order valence-electron chi connectivity index (χ0n) is 20.2. The van der Waals surface area contributed by atoms with Crippen LogP contribution >= 0.6 is 0 Å². The number of piperidine rings is 1. The van der Waals surface area contributed by atoms with E-state index in [4.69, 9.17) is 4.52 Å². The molecule has 1 aliphatic heterocycles. The Morgan fingerprint density at radius 1 is 1.23 bits per heavy atom. The average Bonchev–Trinajstić information content (AvgIpc) is 3.24. The molecule has 1 aromatic carbocycles. The van der Waals surface area contributed by atoms with Crippen LogP contribution in [0.1, 0.15) is 46.5 Å². The first-order valence-electron chi connectivity index (χ1n) is 11.6. The van der Waals surface area contributed by atoms with Crippen LogP contribution < -0.4 is 5.32 Å². The lowest BCUT2D eigenvalue weighted by Crippen LogP contribution is -2.45. The fraction of sp³-hybridized carbons (Fsp3) is 0.346. The van der Waals surface area contributed by atoms with E-state index in [2.05, 4.69) is 15.5 Å². The van der Waals surface area contributed by atoms with Gasteiger partial charge in [0.05, 0.1) is 5.92 Å². The summed E-state index contributed by atoms with van der Waals surface area (Å²) in [6.07, 6.45) is 8.09. The second kappa shape index (κ2) is 10.5. The molecule has 0 aliphatic carbocycles. The first-order chi connectivity index (χ1) is 16.8. The smallest absolute Gasteiger partial charge is 0.248 e. The van der Waals surface area contributed by atoms with Gasteiger partial charge in [0.1, 0.15) is 5.69 Å². The molecule has 3 heterocycles. The monoisotopic (exact) mass is 494 g/mol. The van der Waals surface area contributed by atoms with Crippen molar-refractivity contribution in [3.8, 4) is 0 Å². The molecular weight excluding hydrogens is 464 g/mol. The summed E-state index contributed by atoms with van der Waals surface area (Å²) in [7, 11) is -3.90. The molecule has 2 aromatic heterocycles. The summed E-state index contributed by atoms with van der Waals surface area (Å²) in [6, 6.07) is 9.77. The molecule has 1 N–H and O–H groups in total. The SMILES string of the molecule is Cc1ccc(C)c(/C=C/c2onc(C)c2S(=O)(=O)N2CCC[C@@H](C(=O)NCc3cccnc3)C2)c1. The number of sulfonamides is 1. The van der Waals surface area contributed by atoms with Crippen molar-refractivity contribution in [2.24, 2.45) is 5.92 Å². The lowest BCUT2D eigenvalue weighted by molar-refractivity contribution is -0.126. The minimum atomic E-state index is -3.90. The summed E-state index contributed by atoms with van der Waals surface area (Å²) in [5, 5.41) is 6.83. The van der Waals surface area contributed by atoms with Gasteiger partial charge in [0.2, 0.25) is 15.9 Å². The number of aryl methyl sites for hydroxylation is 3. The van der Waals surface area contributed by atoms with Gasteiger partial charge in [-0.3, -0.25) is 9.78 Å². The third-order valence-electron chi connectivity index (χ3n) is 6.22. The van der Waals surface area contributed by atoms with Crippen LogP contribution in [0.5, 0.6) is 0 Å². The van der Waals surface area contributed by atoms with E-state index in [-0.39, 0.29) is 23.1 Å². The van der Waals surface area contributed by atoms with Gasteiger partial charge in [0.15, 0.2) is 10.7 Å². The summed E-state index contributed by atoms with van der Waals surface area (Å²) < 4.78 is 34.0. The minimum Gasteiger partial charge on any atom is -0.355 e. The van der Waals surface area contributed by atoms with Crippen molar-refractivity contribution in [2.45, 2.75) is 45.1 Å². The van der Waals surface area contributed by atoms with Crippen molar-refractivity contribution in [1.29, 1.82) is 0 Å². The highest BCUT2D eigenvalue weighted by Crippen LogP contribution is 2.29. The van der Waals surface area contributed by atoms with Crippen LogP contribution in [-0.2, 0) is 21.4 Å². The molecule has 8 nitrogen and oxygen atoms in total. The normalized spacial score (nSPS) is 17.1. The third kappa shape index (κ3) is 5.68. The van der Waals surface area contributed by atoms with Gasteiger partial charge < -0.3 is 9.84 Å². The number of nitrogens with one attached hydrogen (secondary N) is 1. The van der Waals surface area contributed by atoms with Crippen molar-refractivity contribution < 1.29 is 17.7 Å². The zero-order chi connectivity index (χ0) is 25.0. The fourth-order valence-electron chi connectivity index (χ4n) is 4.24. The molecule has 1 fully saturated rings. The van der Waals surface area contributed by atoms with E-state index in [0.29, 0.717) is 31.6 Å². The topological polar surface area (TPSA) is 105 Å². The van der Waals surface area contributed by atoms with Crippen LogP contribution in [0.15, 0.2) is 52.1 Å². The molecule has 9 heteroatoms. The standard InChI is InChI=1S/C26H30N4O4S/c1-18-8-9-19(2)22(14-18)10-11-24-25(20(3)29-34-24)35(32,33)30-13-5-7-23(17-30)26(31)28-16-21-6-4-12-27-15-21/h4,6,8-12,14-15,23H,5,7,13,16-17H2,1-3H3,(H,28,31)/b11-10+/t23-/m1/s1. The van der Waals surface area contributed by atoms with Gasteiger partial charge in [0, 0.05) is 32.0 Å². The molecule has 0 bridgehead atoms. The number of benzene rings is 1. The Kier molecular flexibility index (Phi) is 7.47. The highest BCUT2D eigenvalue weighted by Gasteiger charge is 2.36. The molecule has 4 rings (SSSR count). The Bertz CT molecular complexity index is 1330. The van der Waals surface area contributed by atoms with Crippen molar-refractivity contribution >= 4 is 28.1 Å². The molecule has 184 valence electrons. The van der Waals surface area contributed by atoms with Gasteiger partial charge in [-0.2, -0.15) is 4.31 Å². The molecule has 3 aromatic rings. The van der Waals surface area contributed by atoms with Crippen LogP contribution in [0.2, 0.25) is 0 Å². The Balaban J connectivity index is 1.51. The largest absolute Gasteiger partial charge is 0.355 e. The first-order valence-corrected chi connectivity index (χ1v) is 13.1. The van der Waals surface area contributed by atoms with Gasteiger partial charge in [-0.15, -0.1) is 0 Å². The Labute approximate surface area is 206 Å². The lowest BCUT2D eigenvalue weighted by atomic mass is 9.99. The number of nitrogens with zero attached hydrogens (tertiary/aromatic N) is 3. The number of rotatable bonds is 7. The maximum absolute atomic E-state index is 13.6. The number of aromatic nitrogens is 2. The second-order valence-electron chi connectivity index (χ2n) is 8.94. The first kappa shape index (κ1) is 24.8. The molecule has 35 heavy (non-hydrogen) atoms. The lowest BCUT2D eigenvalue weighted by Gasteiger charge is -2.31. The summed E-state index contributed by atoms with van der Waals surface area (Å²) >= 11 is 0. The van der Waals surface area contributed by atoms with Crippen LogP contribution in [0.3, 0.4) is 0 Å².